The molecule has 2 heterocycles. The molecule has 3 rings (SSSR count). The van der Waals surface area contributed by atoms with Gasteiger partial charge in [0.05, 0.1) is 10.2 Å². The molecule has 4 N–H and O–H groups in total. The van der Waals surface area contributed by atoms with E-state index in [0.717, 1.165) is 15.8 Å². The molecule has 0 saturated carbocycles. The number of fused-ring (bicyclic) bond motifs is 1. The second kappa shape index (κ2) is 3.42. The van der Waals surface area contributed by atoms with Crippen LogP contribution in [0.25, 0.3) is 10.2 Å². The molecular weight excluding hydrogens is 240 g/mol. The zero-order valence-corrected chi connectivity index (χ0v) is 9.38. The van der Waals surface area contributed by atoms with Crippen molar-refractivity contribution in [1.29, 1.82) is 0 Å². The lowest BCUT2D eigenvalue weighted by Gasteiger charge is -2.06. The third kappa shape index (κ3) is 1.60. The second-order valence-corrected chi connectivity index (χ2v) is 4.74. The molecule has 6 nitrogen and oxygen atoms in total. The fourth-order valence-corrected chi connectivity index (χ4v) is 2.57. The number of urea groups is 1. The zero-order valence-electron chi connectivity index (χ0n) is 8.56. The van der Waals surface area contributed by atoms with Gasteiger partial charge in [-0.1, -0.05) is 17.4 Å². The average Bonchev–Trinajstić information content (AvgIpc) is 2.78. The maximum Gasteiger partial charge on any atom is 0.322 e. The number of amides is 3. The van der Waals surface area contributed by atoms with Crippen LogP contribution in [-0.2, 0) is 4.79 Å². The number of benzene rings is 1. The normalized spacial score (nSPS) is 19.4. The maximum atomic E-state index is 11.5. The van der Waals surface area contributed by atoms with Gasteiger partial charge in [-0.15, -0.1) is 0 Å². The van der Waals surface area contributed by atoms with Crippen molar-refractivity contribution in [3.8, 4) is 0 Å². The van der Waals surface area contributed by atoms with E-state index in [4.69, 9.17) is 5.73 Å². The lowest BCUT2D eigenvalue weighted by Crippen LogP contribution is -2.22. The molecule has 1 saturated heterocycles. The molecule has 1 unspecified atom stereocenters. The minimum absolute atomic E-state index is 0.341. The maximum absolute atomic E-state index is 11.5. The van der Waals surface area contributed by atoms with E-state index in [1.54, 1.807) is 12.1 Å². The van der Waals surface area contributed by atoms with Gasteiger partial charge in [-0.05, 0) is 17.7 Å². The summed E-state index contributed by atoms with van der Waals surface area (Å²) >= 11 is 1.35. The third-order valence-electron chi connectivity index (χ3n) is 2.54. The van der Waals surface area contributed by atoms with E-state index in [-0.39, 0.29) is 5.91 Å². The number of carbonyl (C=O) groups is 2. The molecule has 7 heteroatoms. The minimum atomic E-state index is -0.629. The number of nitrogens with two attached hydrogens (primary N) is 1. The molecule has 1 fully saturated rings. The number of thiazole rings is 1. The molecular formula is C10H8N4O2S. The van der Waals surface area contributed by atoms with Crippen LogP contribution in [0.3, 0.4) is 0 Å². The van der Waals surface area contributed by atoms with Gasteiger partial charge in [0.15, 0.2) is 5.13 Å². The van der Waals surface area contributed by atoms with Crippen LogP contribution in [0.4, 0.5) is 9.93 Å². The van der Waals surface area contributed by atoms with Crippen LogP contribution in [0.15, 0.2) is 18.2 Å². The summed E-state index contributed by atoms with van der Waals surface area (Å²) in [5.74, 6) is -0.341. The van der Waals surface area contributed by atoms with E-state index in [0.29, 0.717) is 5.13 Å². The Kier molecular flexibility index (Phi) is 2.02. The first-order chi connectivity index (χ1) is 8.13. The van der Waals surface area contributed by atoms with Crippen LogP contribution in [0, 0.1) is 0 Å². The predicted octanol–water partition coefficient (Wildman–Crippen LogP) is 0.759. The fourth-order valence-electron chi connectivity index (χ4n) is 1.79. The minimum Gasteiger partial charge on any atom is -0.375 e. The smallest absolute Gasteiger partial charge is 0.322 e. The Balaban J connectivity index is 2.05. The molecule has 1 aromatic carbocycles. The summed E-state index contributed by atoms with van der Waals surface area (Å²) in [7, 11) is 0. The van der Waals surface area contributed by atoms with Crippen LogP contribution in [0.1, 0.15) is 11.6 Å². The van der Waals surface area contributed by atoms with E-state index < -0.39 is 12.1 Å². The number of carbonyl (C=O) groups excluding carboxylic acids is 2. The van der Waals surface area contributed by atoms with Gasteiger partial charge in [0.1, 0.15) is 6.04 Å². The first kappa shape index (κ1) is 10.0. The molecule has 2 aromatic rings. The number of anilines is 1. The molecule has 86 valence electrons. The summed E-state index contributed by atoms with van der Waals surface area (Å²) < 4.78 is 0.897. The van der Waals surface area contributed by atoms with Crippen LogP contribution >= 0.6 is 11.3 Å². The number of nitrogens with one attached hydrogen (secondary N) is 2. The lowest BCUT2D eigenvalue weighted by atomic mass is 10.1. The summed E-state index contributed by atoms with van der Waals surface area (Å²) in [6.07, 6.45) is 0. The van der Waals surface area contributed by atoms with Gasteiger partial charge >= 0.3 is 6.03 Å². The van der Waals surface area contributed by atoms with Gasteiger partial charge < -0.3 is 11.1 Å². The SMILES string of the molecule is Nc1nc2ccc(C3NC(=O)NC3=O)cc2s1. The van der Waals surface area contributed by atoms with Crippen molar-refractivity contribution in [1.82, 2.24) is 15.6 Å². The zero-order chi connectivity index (χ0) is 12.0. The summed E-state index contributed by atoms with van der Waals surface area (Å²) in [6.45, 7) is 0. The van der Waals surface area contributed by atoms with E-state index >= 15 is 0 Å². The third-order valence-corrected chi connectivity index (χ3v) is 3.38. The van der Waals surface area contributed by atoms with Crippen molar-refractivity contribution in [2.24, 2.45) is 0 Å². The molecule has 0 radical (unpaired) electrons. The topological polar surface area (TPSA) is 97.1 Å². The number of aromatic nitrogens is 1. The highest BCUT2D eigenvalue weighted by Gasteiger charge is 2.30. The van der Waals surface area contributed by atoms with Crippen molar-refractivity contribution >= 4 is 38.6 Å². The number of rotatable bonds is 1. The highest BCUT2D eigenvalue weighted by molar-refractivity contribution is 7.22. The van der Waals surface area contributed by atoms with Crippen molar-refractivity contribution in [2.75, 3.05) is 5.73 Å². The number of imide groups is 1. The molecule has 1 aliphatic heterocycles. The molecule has 1 atom stereocenters. The quantitative estimate of drug-likeness (QED) is 0.649. The predicted molar refractivity (Wildman–Crippen MR) is 63.4 cm³/mol. The van der Waals surface area contributed by atoms with E-state index in [2.05, 4.69) is 15.6 Å². The van der Waals surface area contributed by atoms with E-state index in [1.165, 1.54) is 11.3 Å². The standard InChI is InChI=1S/C10H8N4O2S/c11-9-12-5-2-1-4(3-6(5)17-9)7-8(15)14-10(16)13-7/h1-3,7H,(H2,11,12)(H2,13,14,15,16). The first-order valence-electron chi connectivity index (χ1n) is 4.91. The average molecular weight is 248 g/mol. The molecule has 0 aliphatic carbocycles. The summed E-state index contributed by atoms with van der Waals surface area (Å²) in [5, 5.41) is 5.22. The van der Waals surface area contributed by atoms with Gasteiger partial charge in [-0.3, -0.25) is 10.1 Å². The Hall–Kier alpha value is -2.15. The Morgan fingerprint density at radius 2 is 2.18 bits per heavy atom. The van der Waals surface area contributed by atoms with Crippen molar-refractivity contribution in [3.05, 3.63) is 23.8 Å². The Bertz CT molecular complexity index is 636. The van der Waals surface area contributed by atoms with Crippen molar-refractivity contribution < 1.29 is 9.59 Å². The van der Waals surface area contributed by atoms with Crippen LogP contribution in [0.5, 0.6) is 0 Å². The monoisotopic (exact) mass is 248 g/mol. The first-order valence-corrected chi connectivity index (χ1v) is 5.72. The Morgan fingerprint density at radius 1 is 1.35 bits per heavy atom. The van der Waals surface area contributed by atoms with E-state index in [1.807, 2.05) is 6.07 Å². The number of nitrogen functional groups attached to an aromatic ring is 1. The van der Waals surface area contributed by atoms with E-state index in [9.17, 15) is 9.59 Å². The largest absolute Gasteiger partial charge is 0.375 e. The summed E-state index contributed by atoms with van der Waals surface area (Å²) in [5.41, 5.74) is 7.12. The Morgan fingerprint density at radius 3 is 2.88 bits per heavy atom. The Labute approximate surface area is 99.8 Å². The molecule has 0 spiro atoms. The van der Waals surface area contributed by atoms with Gasteiger partial charge in [0.25, 0.3) is 5.91 Å². The number of hydrogen-bond donors (Lipinski definition) is 3. The molecule has 3 amide bonds. The van der Waals surface area contributed by atoms with Gasteiger partial charge in [0.2, 0.25) is 0 Å². The van der Waals surface area contributed by atoms with Crippen molar-refractivity contribution in [2.45, 2.75) is 6.04 Å². The molecule has 17 heavy (non-hydrogen) atoms. The van der Waals surface area contributed by atoms with Crippen LogP contribution in [0.2, 0.25) is 0 Å². The highest BCUT2D eigenvalue weighted by atomic mass is 32.1. The number of hydrogen-bond acceptors (Lipinski definition) is 5. The fraction of sp³-hybridized carbons (Fsp3) is 0.100. The van der Waals surface area contributed by atoms with Crippen molar-refractivity contribution in [3.63, 3.8) is 0 Å². The molecule has 0 bridgehead atoms. The number of nitrogens with zero attached hydrogens (tertiary/aromatic N) is 1. The second-order valence-electron chi connectivity index (χ2n) is 3.67. The lowest BCUT2D eigenvalue weighted by molar-refractivity contribution is -0.120. The molecule has 1 aliphatic rings. The highest BCUT2D eigenvalue weighted by Crippen LogP contribution is 2.27. The summed E-state index contributed by atoms with van der Waals surface area (Å²) in [6, 6.07) is 4.27. The van der Waals surface area contributed by atoms with Gasteiger partial charge in [-0.25, -0.2) is 9.78 Å². The van der Waals surface area contributed by atoms with Crippen LogP contribution in [-0.4, -0.2) is 16.9 Å². The summed E-state index contributed by atoms with van der Waals surface area (Å²) in [4.78, 5) is 26.7. The van der Waals surface area contributed by atoms with Gasteiger partial charge in [0, 0.05) is 0 Å². The molecule has 1 aromatic heterocycles. The van der Waals surface area contributed by atoms with Crippen LogP contribution < -0.4 is 16.4 Å². The van der Waals surface area contributed by atoms with Gasteiger partial charge in [-0.2, -0.15) is 0 Å².